The van der Waals surface area contributed by atoms with E-state index in [1.54, 1.807) is 12.1 Å². The minimum atomic E-state index is -0.0368. The molecular weight excluding hydrogens is 282 g/mol. The third-order valence-electron chi connectivity index (χ3n) is 2.78. The molecule has 100 valence electrons. The van der Waals surface area contributed by atoms with Gasteiger partial charge in [0.25, 0.3) is 0 Å². The molecule has 0 amide bonds. The van der Waals surface area contributed by atoms with E-state index in [4.69, 9.17) is 32.5 Å². The average Bonchev–Trinajstić information content (AvgIpc) is 2.84. The van der Waals surface area contributed by atoms with Gasteiger partial charge in [-0.05, 0) is 6.07 Å². The minimum Gasteiger partial charge on any atom is -0.454 e. The van der Waals surface area contributed by atoms with Crippen LogP contribution in [0.25, 0.3) is 11.3 Å². The number of halogens is 1. The van der Waals surface area contributed by atoms with Gasteiger partial charge in [0.2, 0.25) is 12.7 Å². The molecule has 7 nitrogen and oxygen atoms in total. The molecular formula is C12H8ClN5O2. The first-order valence-electron chi connectivity index (χ1n) is 5.52. The van der Waals surface area contributed by atoms with Gasteiger partial charge >= 0.3 is 0 Å². The number of rotatable bonds is 1. The molecule has 3 rings (SSSR count). The Kier molecular flexibility index (Phi) is 2.73. The fraction of sp³-hybridized carbons (Fsp3) is 0.0833. The van der Waals surface area contributed by atoms with E-state index in [0.717, 1.165) is 0 Å². The Morgan fingerprint density at radius 1 is 1.20 bits per heavy atom. The SMILES string of the molecule is N#Cc1c(N)nc(N)nc1-c1cc2c(cc1Cl)OCO2. The van der Waals surface area contributed by atoms with Crippen LogP contribution >= 0.6 is 11.6 Å². The molecule has 1 aromatic heterocycles. The highest BCUT2D eigenvalue weighted by Gasteiger charge is 2.21. The number of nitrogen functional groups attached to an aromatic ring is 2. The van der Waals surface area contributed by atoms with Crippen LogP contribution in [-0.4, -0.2) is 16.8 Å². The molecule has 8 heteroatoms. The standard InChI is InChI=1S/C12H8ClN5O2/c13-7-2-9-8(19-4-20-9)1-5(7)10-6(3-14)11(15)18-12(16)17-10/h1-2H,4H2,(H4,15,16,17,18). The fourth-order valence-electron chi connectivity index (χ4n) is 1.90. The van der Waals surface area contributed by atoms with Gasteiger partial charge in [0.05, 0.1) is 10.7 Å². The molecule has 0 spiro atoms. The molecule has 2 heterocycles. The highest BCUT2D eigenvalue weighted by atomic mass is 35.5. The zero-order valence-corrected chi connectivity index (χ0v) is 10.8. The van der Waals surface area contributed by atoms with E-state index < -0.39 is 0 Å². The summed E-state index contributed by atoms with van der Waals surface area (Å²) < 4.78 is 10.5. The molecule has 1 aliphatic rings. The van der Waals surface area contributed by atoms with Gasteiger partial charge in [-0.25, -0.2) is 4.98 Å². The molecule has 1 aromatic carbocycles. The zero-order chi connectivity index (χ0) is 14.3. The van der Waals surface area contributed by atoms with Crippen molar-refractivity contribution in [2.24, 2.45) is 0 Å². The highest BCUT2D eigenvalue weighted by Crippen LogP contribution is 2.41. The molecule has 0 saturated carbocycles. The van der Waals surface area contributed by atoms with Crippen molar-refractivity contribution >= 4 is 23.4 Å². The van der Waals surface area contributed by atoms with Gasteiger partial charge in [-0.2, -0.15) is 10.2 Å². The van der Waals surface area contributed by atoms with E-state index in [2.05, 4.69) is 9.97 Å². The summed E-state index contributed by atoms with van der Waals surface area (Å²) in [7, 11) is 0. The lowest BCUT2D eigenvalue weighted by Crippen LogP contribution is -2.05. The van der Waals surface area contributed by atoms with E-state index in [9.17, 15) is 5.26 Å². The van der Waals surface area contributed by atoms with Gasteiger partial charge < -0.3 is 20.9 Å². The van der Waals surface area contributed by atoms with Crippen molar-refractivity contribution < 1.29 is 9.47 Å². The number of anilines is 2. The van der Waals surface area contributed by atoms with Gasteiger partial charge in [-0.15, -0.1) is 0 Å². The first-order chi connectivity index (χ1) is 9.60. The lowest BCUT2D eigenvalue weighted by Gasteiger charge is -2.09. The van der Waals surface area contributed by atoms with E-state index in [-0.39, 0.29) is 29.8 Å². The predicted octanol–water partition coefficient (Wildman–Crippen LogP) is 1.56. The maximum atomic E-state index is 9.19. The zero-order valence-electron chi connectivity index (χ0n) is 10.1. The number of nitriles is 1. The Morgan fingerprint density at radius 3 is 2.60 bits per heavy atom. The van der Waals surface area contributed by atoms with Crippen molar-refractivity contribution in [3.63, 3.8) is 0 Å². The van der Waals surface area contributed by atoms with Crippen LogP contribution in [-0.2, 0) is 0 Å². The summed E-state index contributed by atoms with van der Waals surface area (Å²) in [6.45, 7) is 0.119. The Balaban J connectivity index is 2.27. The van der Waals surface area contributed by atoms with E-state index >= 15 is 0 Å². The van der Waals surface area contributed by atoms with Gasteiger partial charge in [-0.3, -0.25) is 0 Å². The lowest BCUT2D eigenvalue weighted by atomic mass is 10.1. The van der Waals surface area contributed by atoms with Gasteiger partial charge in [0.15, 0.2) is 11.5 Å². The van der Waals surface area contributed by atoms with Crippen molar-refractivity contribution in [3.05, 3.63) is 22.7 Å². The Labute approximate surface area is 118 Å². The number of benzene rings is 1. The summed E-state index contributed by atoms with van der Waals surface area (Å²) in [5.74, 6) is 1.02. The average molecular weight is 290 g/mol. The quantitative estimate of drug-likeness (QED) is 0.817. The first kappa shape index (κ1) is 12.3. The number of hydrogen-bond donors (Lipinski definition) is 2. The molecule has 0 unspecified atom stereocenters. The Hall–Kier alpha value is -2.72. The van der Waals surface area contributed by atoms with Crippen LogP contribution in [0.15, 0.2) is 12.1 Å². The molecule has 2 aromatic rings. The van der Waals surface area contributed by atoms with Gasteiger partial charge in [0.1, 0.15) is 17.5 Å². The van der Waals surface area contributed by atoms with Crippen molar-refractivity contribution in [2.45, 2.75) is 0 Å². The summed E-state index contributed by atoms with van der Waals surface area (Å²) in [5.41, 5.74) is 12.1. The Morgan fingerprint density at radius 2 is 1.90 bits per heavy atom. The summed E-state index contributed by atoms with van der Waals surface area (Å²) in [6, 6.07) is 5.17. The normalized spacial score (nSPS) is 12.2. The third-order valence-corrected chi connectivity index (χ3v) is 3.10. The monoisotopic (exact) mass is 289 g/mol. The lowest BCUT2D eigenvalue weighted by molar-refractivity contribution is 0.174. The molecule has 4 N–H and O–H groups in total. The number of aromatic nitrogens is 2. The van der Waals surface area contributed by atoms with Crippen molar-refractivity contribution in [1.29, 1.82) is 5.26 Å². The maximum Gasteiger partial charge on any atom is 0.231 e. The van der Waals surface area contributed by atoms with Crippen LogP contribution < -0.4 is 20.9 Å². The minimum absolute atomic E-state index is 0.00346. The van der Waals surface area contributed by atoms with Gasteiger partial charge in [0, 0.05) is 11.6 Å². The second-order valence-corrected chi connectivity index (χ2v) is 4.39. The first-order valence-corrected chi connectivity index (χ1v) is 5.90. The number of hydrogen-bond acceptors (Lipinski definition) is 7. The van der Waals surface area contributed by atoms with E-state index in [0.29, 0.717) is 22.1 Å². The Bertz CT molecular complexity index is 756. The maximum absolute atomic E-state index is 9.19. The smallest absolute Gasteiger partial charge is 0.231 e. The second-order valence-electron chi connectivity index (χ2n) is 3.99. The van der Waals surface area contributed by atoms with E-state index in [1.807, 2.05) is 6.07 Å². The van der Waals surface area contributed by atoms with Crippen LogP contribution in [0.3, 0.4) is 0 Å². The van der Waals surface area contributed by atoms with Crippen molar-refractivity contribution in [3.8, 4) is 28.8 Å². The highest BCUT2D eigenvalue weighted by molar-refractivity contribution is 6.33. The van der Waals surface area contributed by atoms with Crippen LogP contribution in [0.4, 0.5) is 11.8 Å². The van der Waals surface area contributed by atoms with Gasteiger partial charge in [-0.1, -0.05) is 11.6 Å². The number of ether oxygens (including phenoxy) is 2. The summed E-state index contributed by atoms with van der Waals surface area (Å²) >= 11 is 6.19. The molecule has 0 radical (unpaired) electrons. The van der Waals surface area contributed by atoms with Crippen LogP contribution in [0, 0.1) is 11.3 Å². The van der Waals surface area contributed by atoms with Crippen molar-refractivity contribution in [2.75, 3.05) is 18.3 Å². The largest absolute Gasteiger partial charge is 0.454 e. The van der Waals surface area contributed by atoms with Crippen LogP contribution in [0.1, 0.15) is 5.56 Å². The second kappa shape index (κ2) is 4.43. The predicted molar refractivity (Wildman–Crippen MR) is 72.1 cm³/mol. The van der Waals surface area contributed by atoms with Crippen LogP contribution in [0.2, 0.25) is 5.02 Å². The molecule has 0 saturated heterocycles. The molecule has 0 aliphatic carbocycles. The van der Waals surface area contributed by atoms with Crippen molar-refractivity contribution in [1.82, 2.24) is 9.97 Å². The van der Waals surface area contributed by atoms with E-state index in [1.165, 1.54) is 0 Å². The summed E-state index contributed by atoms with van der Waals surface area (Å²) in [4.78, 5) is 7.80. The molecule has 1 aliphatic heterocycles. The number of fused-ring (bicyclic) bond motifs is 1. The topological polar surface area (TPSA) is 120 Å². The number of nitrogens with zero attached hydrogens (tertiary/aromatic N) is 3. The molecule has 0 fully saturated rings. The molecule has 20 heavy (non-hydrogen) atoms. The third kappa shape index (κ3) is 1.83. The summed E-state index contributed by atoms with van der Waals surface area (Å²) in [5, 5.41) is 9.54. The molecule has 0 atom stereocenters. The van der Waals surface area contributed by atoms with Crippen LogP contribution in [0.5, 0.6) is 11.5 Å². The number of nitrogens with two attached hydrogens (primary N) is 2. The fourth-order valence-corrected chi connectivity index (χ4v) is 2.14. The molecule has 0 bridgehead atoms. The summed E-state index contributed by atoms with van der Waals surface area (Å²) in [6.07, 6.45) is 0.